The lowest BCUT2D eigenvalue weighted by atomic mass is 10.4. The van der Waals surface area contributed by atoms with Gasteiger partial charge in [0.15, 0.2) is 0 Å². The second kappa shape index (κ2) is 5.49. The molecule has 9 nitrogen and oxygen atoms in total. The first-order chi connectivity index (χ1) is 8.70. The van der Waals surface area contributed by atoms with Gasteiger partial charge in [-0.15, -0.1) is 5.10 Å². The SMILES string of the molecule is CCCNc1snnc1Cn1cnc([N+](=O)[O-])n1. The van der Waals surface area contributed by atoms with Gasteiger partial charge in [-0.05, 0) is 11.3 Å². The molecule has 18 heavy (non-hydrogen) atoms. The lowest BCUT2D eigenvalue weighted by Gasteiger charge is -2.01. The molecule has 0 atom stereocenters. The molecule has 0 aliphatic carbocycles. The highest BCUT2D eigenvalue weighted by Crippen LogP contribution is 2.18. The molecule has 10 heteroatoms. The van der Waals surface area contributed by atoms with Crippen molar-refractivity contribution in [2.24, 2.45) is 0 Å². The van der Waals surface area contributed by atoms with Gasteiger partial charge in [-0.2, -0.15) is 4.68 Å². The smallest absolute Gasteiger partial charge is 0.390 e. The zero-order chi connectivity index (χ0) is 13.0. The third kappa shape index (κ3) is 2.77. The molecule has 0 amide bonds. The van der Waals surface area contributed by atoms with Gasteiger partial charge in [0.05, 0.1) is 0 Å². The van der Waals surface area contributed by atoms with Crippen LogP contribution in [0.3, 0.4) is 0 Å². The summed E-state index contributed by atoms with van der Waals surface area (Å²) in [5.41, 5.74) is 0.702. The number of hydrogen-bond donors (Lipinski definition) is 1. The second-order valence-electron chi connectivity index (χ2n) is 3.47. The Morgan fingerprint density at radius 2 is 2.44 bits per heavy atom. The van der Waals surface area contributed by atoms with Crippen LogP contribution < -0.4 is 5.32 Å². The number of hydrogen-bond acceptors (Lipinski definition) is 8. The third-order valence-electron chi connectivity index (χ3n) is 2.09. The largest absolute Gasteiger partial charge is 0.490 e. The normalized spacial score (nSPS) is 10.5. The first-order valence-corrected chi connectivity index (χ1v) is 6.07. The van der Waals surface area contributed by atoms with Crippen molar-refractivity contribution in [2.75, 3.05) is 11.9 Å². The number of anilines is 1. The Bertz CT molecular complexity index is 537. The van der Waals surface area contributed by atoms with Crippen molar-refractivity contribution in [1.29, 1.82) is 0 Å². The molecule has 0 aliphatic heterocycles. The van der Waals surface area contributed by atoms with Crippen molar-refractivity contribution >= 4 is 22.5 Å². The van der Waals surface area contributed by atoms with E-state index in [1.165, 1.54) is 22.5 Å². The Kier molecular flexibility index (Phi) is 3.77. The molecule has 0 saturated carbocycles. The van der Waals surface area contributed by atoms with E-state index in [2.05, 4.69) is 31.9 Å². The van der Waals surface area contributed by atoms with Crippen molar-refractivity contribution in [3.63, 3.8) is 0 Å². The summed E-state index contributed by atoms with van der Waals surface area (Å²) >= 11 is 1.25. The van der Waals surface area contributed by atoms with Gasteiger partial charge in [0.2, 0.25) is 6.33 Å². The molecule has 2 aromatic rings. The van der Waals surface area contributed by atoms with Gasteiger partial charge < -0.3 is 15.4 Å². The maximum Gasteiger partial charge on any atom is 0.490 e. The maximum absolute atomic E-state index is 10.5. The quantitative estimate of drug-likeness (QED) is 0.612. The standard InChI is InChI=1S/C8H11N7O2S/c1-2-3-9-7-6(11-13-18-7)4-14-5-10-8(12-14)15(16)17/h5,9H,2-4H2,1H3. The average molecular weight is 269 g/mol. The fourth-order valence-electron chi connectivity index (χ4n) is 1.28. The fraction of sp³-hybridized carbons (Fsp3) is 0.500. The zero-order valence-corrected chi connectivity index (χ0v) is 10.4. The van der Waals surface area contributed by atoms with E-state index >= 15 is 0 Å². The van der Waals surface area contributed by atoms with Crippen LogP contribution in [0.5, 0.6) is 0 Å². The summed E-state index contributed by atoms with van der Waals surface area (Å²) in [7, 11) is 0. The monoisotopic (exact) mass is 269 g/mol. The predicted molar refractivity (Wildman–Crippen MR) is 64.5 cm³/mol. The van der Waals surface area contributed by atoms with Crippen LogP contribution in [0.4, 0.5) is 10.9 Å². The van der Waals surface area contributed by atoms with E-state index in [4.69, 9.17) is 0 Å². The molecular formula is C8H11N7O2S. The van der Waals surface area contributed by atoms with Crippen molar-refractivity contribution in [3.05, 3.63) is 22.1 Å². The van der Waals surface area contributed by atoms with Gasteiger partial charge in [-0.3, -0.25) is 0 Å². The molecule has 0 unspecified atom stereocenters. The second-order valence-corrected chi connectivity index (χ2v) is 4.23. The summed E-state index contributed by atoms with van der Waals surface area (Å²) in [5.74, 6) is -0.416. The molecule has 1 N–H and O–H groups in total. The van der Waals surface area contributed by atoms with Crippen LogP contribution in [-0.4, -0.2) is 35.8 Å². The highest BCUT2D eigenvalue weighted by Gasteiger charge is 2.16. The van der Waals surface area contributed by atoms with Crippen LogP contribution in [0, 0.1) is 10.1 Å². The van der Waals surface area contributed by atoms with E-state index in [0.717, 1.165) is 18.0 Å². The van der Waals surface area contributed by atoms with Crippen LogP contribution >= 0.6 is 11.5 Å². The summed E-state index contributed by atoms with van der Waals surface area (Å²) in [6, 6.07) is 0. The molecule has 2 rings (SSSR count). The molecule has 0 saturated heterocycles. The number of nitrogens with zero attached hydrogens (tertiary/aromatic N) is 6. The number of nitro groups is 1. The van der Waals surface area contributed by atoms with Crippen LogP contribution in [0.15, 0.2) is 6.33 Å². The lowest BCUT2D eigenvalue weighted by Crippen LogP contribution is -2.06. The van der Waals surface area contributed by atoms with Crippen LogP contribution in [0.2, 0.25) is 0 Å². The van der Waals surface area contributed by atoms with E-state index in [1.807, 2.05) is 0 Å². The van der Waals surface area contributed by atoms with E-state index in [1.54, 1.807) is 0 Å². The Morgan fingerprint density at radius 1 is 1.61 bits per heavy atom. The first kappa shape index (κ1) is 12.4. The summed E-state index contributed by atoms with van der Waals surface area (Å²) in [6.07, 6.45) is 2.30. The van der Waals surface area contributed by atoms with E-state index < -0.39 is 10.9 Å². The molecule has 0 spiro atoms. The maximum atomic E-state index is 10.5. The molecule has 96 valence electrons. The molecule has 2 aromatic heterocycles. The van der Waals surface area contributed by atoms with Crippen LogP contribution in [0.1, 0.15) is 19.0 Å². The molecule has 0 radical (unpaired) electrons. The van der Waals surface area contributed by atoms with E-state index in [9.17, 15) is 10.1 Å². The average Bonchev–Trinajstić information content (AvgIpc) is 2.96. The number of aromatic nitrogens is 5. The highest BCUT2D eigenvalue weighted by atomic mass is 32.1. The van der Waals surface area contributed by atoms with Crippen molar-refractivity contribution in [1.82, 2.24) is 24.4 Å². The minimum atomic E-state index is -0.633. The number of rotatable bonds is 6. The van der Waals surface area contributed by atoms with Gasteiger partial charge in [0.25, 0.3) is 0 Å². The molecule has 2 heterocycles. The number of nitrogens with one attached hydrogen (secondary N) is 1. The van der Waals surface area contributed by atoms with Crippen molar-refractivity contribution < 1.29 is 4.92 Å². The fourth-order valence-corrected chi connectivity index (χ4v) is 1.88. The topological polar surface area (TPSA) is 112 Å². The highest BCUT2D eigenvalue weighted by molar-refractivity contribution is 7.10. The van der Waals surface area contributed by atoms with Gasteiger partial charge in [0, 0.05) is 23.2 Å². The van der Waals surface area contributed by atoms with Gasteiger partial charge >= 0.3 is 5.95 Å². The minimum absolute atomic E-state index is 0.309. The van der Waals surface area contributed by atoms with E-state index in [0.29, 0.717) is 12.2 Å². The molecule has 0 aliphatic rings. The molecule has 0 fully saturated rings. The Morgan fingerprint density at radius 3 is 3.11 bits per heavy atom. The molecule has 0 bridgehead atoms. The van der Waals surface area contributed by atoms with Gasteiger partial charge in [0.1, 0.15) is 17.2 Å². The Labute approximate surface area is 106 Å². The van der Waals surface area contributed by atoms with Crippen molar-refractivity contribution in [2.45, 2.75) is 19.9 Å². The lowest BCUT2D eigenvalue weighted by molar-refractivity contribution is -0.394. The predicted octanol–water partition coefficient (Wildman–Crippen LogP) is 0.908. The Balaban J connectivity index is 2.08. The van der Waals surface area contributed by atoms with Gasteiger partial charge in [-0.25, -0.2) is 0 Å². The summed E-state index contributed by atoms with van der Waals surface area (Å²) in [6.45, 7) is 3.19. The molecular weight excluding hydrogens is 258 g/mol. The van der Waals surface area contributed by atoms with Crippen LogP contribution in [-0.2, 0) is 6.54 Å². The van der Waals surface area contributed by atoms with Gasteiger partial charge in [-0.1, -0.05) is 16.4 Å². The van der Waals surface area contributed by atoms with E-state index in [-0.39, 0.29) is 0 Å². The zero-order valence-electron chi connectivity index (χ0n) is 9.61. The van der Waals surface area contributed by atoms with Crippen molar-refractivity contribution in [3.8, 4) is 0 Å². The minimum Gasteiger partial charge on any atom is -0.390 e. The summed E-state index contributed by atoms with van der Waals surface area (Å²) in [5, 5.41) is 22.2. The summed E-state index contributed by atoms with van der Waals surface area (Å²) in [4.78, 5) is 13.4. The Hall–Kier alpha value is -2.10. The van der Waals surface area contributed by atoms with Crippen LogP contribution in [0.25, 0.3) is 0 Å². The third-order valence-corrected chi connectivity index (χ3v) is 2.82. The summed E-state index contributed by atoms with van der Waals surface area (Å²) < 4.78 is 5.21. The first-order valence-electron chi connectivity index (χ1n) is 5.29. The molecule has 0 aromatic carbocycles.